The number of carbonyl (C=O) groups is 1. The molecule has 0 aromatic heterocycles. The molecule has 0 heterocycles. The molecule has 1 N–H and O–H groups in total. The first kappa shape index (κ1) is 23.2. The van der Waals surface area contributed by atoms with Crippen LogP contribution in [0.25, 0.3) is 0 Å². The molecule has 2 nitrogen and oxygen atoms in total. The Kier molecular flexibility index (Phi) is 17.9. The van der Waals surface area contributed by atoms with Crippen LogP contribution >= 0.6 is 0 Å². The van der Waals surface area contributed by atoms with E-state index in [1.807, 2.05) is 13.8 Å². The summed E-state index contributed by atoms with van der Waals surface area (Å²) in [6.07, 6.45) is 23.3. The normalized spacial score (nSPS) is 11.5. The van der Waals surface area contributed by atoms with Gasteiger partial charge >= 0.3 is 0 Å². The number of nitrogens with one attached hydrogen (secondary N) is 1. The maximum atomic E-state index is 11.4. The summed E-state index contributed by atoms with van der Waals surface area (Å²) in [7, 11) is 0. The van der Waals surface area contributed by atoms with E-state index in [2.05, 4.69) is 24.4 Å². The molecular formula is C22H43NO. The second kappa shape index (κ2) is 18.5. The minimum atomic E-state index is 0.110. The van der Waals surface area contributed by atoms with Gasteiger partial charge in [-0.25, -0.2) is 0 Å². The Balaban J connectivity index is 3.14. The van der Waals surface area contributed by atoms with Gasteiger partial charge in [0.05, 0.1) is 0 Å². The lowest BCUT2D eigenvalue weighted by molar-refractivity contribution is -0.123. The fraction of sp³-hybridized carbons (Fsp3) is 0.864. The summed E-state index contributed by atoms with van der Waals surface area (Å²) in [5.41, 5.74) is 0. The molecule has 0 spiro atoms. The van der Waals surface area contributed by atoms with Crippen LogP contribution in [0, 0.1) is 5.92 Å². The Hall–Kier alpha value is -0.790. The van der Waals surface area contributed by atoms with E-state index in [0.717, 1.165) is 13.0 Å². The molecule has 2 heteroatoms. The van der Waals surface area contributed by atoms with E-state index in [0.29, 0.717) is 0 Å². The highest BCUT2D eigenvalue weighted by Crippen LogP contribution is 2.09. The van der Waals surface area contributed by atoms with Gasteiger partial charge in [0.25, 0.3) is 0 Å². The molecule has 0 rings (SSSR count). The van der Waals surface area contributed by atoms with E-state index >= 15 is 0 Å². The van der Waals surface area contributed by atoms with Crippen molar-refractivity contribution in [1.29, 1.82) is 0 Å². The quantitative estimate of drug-likeness (QED) is 0.229. The highest BCUT2D eigenvalue weighted by molar-refractivity contribution is 5.77. The molecule has 0 aliphatic carbocycles. The van der Waals surface area contributed by atoms with Gasteiger partial charge in [-0.3, -0.25) is 4.79 Å². The third-order valence-corrected chi connectivity index (χ3v) is 4.51. The molecule has 0 saturated carbocycles. The van der Waals surface area contributed by atoms with E-state index in [1.165, 1.54) is 83.5 Å². The predicted molar refractivity (Wildman–Crippen MR) is 107 cm³/mol. The largest absolute Gasteiger partial charge is 0.356 e. The fourth-order valence-corrected chi connectivity index (χ4v) is 2.79. The molecule has 0 fully saturated rings. The van der Waals surface area contributed by atoms with Crippen LogP contribution in [0.2, 0.25) is 0 Å². The van der Waals surface area contributed by atoms with Gasteiger partial charge in [-0.15, -0.1) is 0 Å². The summed E-state index contributed by atoms with van der Waals surface area (Å²) in [6, 6.07) is 0. The van der Waals surface area contributed by atoms with Crippen molar-refractivity contribution in [2.24, 2.45) is 5.92 Å². The van der Waals surface area contributed by atoms with Crippen molar-refractivity contribution < 1.29 is 4.79 Å². The van der Waals surface area contributed by atoms with Gasteiger partial charge in [-0.1, -0.05) is 90.7 Å². The molecule has 1 amide bonds. The maximum Gasteiger partial charge on any atom is 0.222 e. The number of carbonyl (C=O) groups excluding carboxylic acids is 1. The molecule has 0 radical (unpaired) electrons. The van der Waals surface area contributed by atoms with Crippen LogP contribution in [0.1, 0.15) is 111 Å². The maximum absolute atomic E-state index is 11.4. The highest BCUT2D eigenvalue weighted by Gasteiger charge is 2.04. The Morgan fingerprint density at radius 3 is 1.71 bits per heavy atom. The predicted octanol–water partition coefficient (Wildman–Crippen LogP) is 6.80. The molecule has 0 aromatic rings. The first-order chi connectivity index (χ1) is 11.7. The lowest BCUT2D eigenvalue weighted by Crippen LogP contribution is -2.28. The number of rotatable bonds is 17. The monoisotopic (exact) mass is 337 g/mol. The van der Waals surface area contributed by atoms with Crippen molar-refractivity contribution in [3.8, 4) is 0 Å². The van der Waals surface area contributed by atoms with Gasteiger partial charge < -0.3 is 5.32 Å². The lowest BCUT2D eigenvalue weighted by atomic mass is 10.1. The molecule has 0 aliphatic heterocycles. The molecule has 0 aromatic carbocycles. The third-order valence-electron chi connectivity index (χ3n) is 4.51. The van der Waals surface area contributed by atoms with Gasteiger partial charge in [0, 0.05) is 12.5 Å². The number of unbranched alkanes of at least 4 members (excludes halogenated alkanes) is 12. The Morgan fingerprint density at radius 2 is 1.21 bits per heavy atom. The molecular weight excluding hydrogens is 294 g/mol. The van der Waals surface area contributed by atoms with Crippen molar-refractivity contribution >= 4 is 5.91 Å². The topological polar surface area (TPSA) is 29.1 Å². The third kappa shape index (κ3) is 17.6. The molecule has 24 heavy (non-hydrogen) atoms. The standard InChI is InChI=1S/C22H43NO/c1-4-5-6-7-8-9-10-11-12-13-14-15-16-17-18-19-20-23-22(24)21(2)3/h11-12,21H,4-10,13-20H2,1-3H3,(H,23,24)/b12-11-. The summed E-state index contributed by atoms with van der Waals surface area (Å²) < 4.78 is 0. The second-order valence-electron chi connectivity index (χ2n) is 7.38. The van der Waals surface area contributed by atoms with Crippen molar-refractivity contribution in [3.63, 3.8) is 0 Å². The van der Waals surface area contributed by atoms with Crippen molar-refractivity contribution in [2.45, 2.75) is 111 Å². The molecule has 0 bridgehead atoms. The van der Waals surface area contributed by atoms with Crippen LogP contribution < -0.4 is 5.32 Å². The van der Waals surface area contributed by atoms with Crippen molar-refractivity contribution in [3.05, 3.63) is 12.2 Å². The minimum absolute atomic E-state index is 0.110. The number of allylic oxidation sites excluding steroid dienone is 2. The lowest BCUT2D eigenvalue weighted by Gasteiger charge is -2.07. The SMILES string of the molecule is CCCCCCCC/C=C\CCCCCCCCNC(=O)C(C)C. The summed E-state index contributed by atoms with van der Waals surface area (Å²) >= 11 is 0. The molecule has 0 unspecified atom stereocenters. The Bertz CT molecular complexity index is 296. The first-order valence-corrected chi connectivity index (χ1v) is 10.6. The molecule has 0 aliphatic rings. The average Bonchev–Trinajstić information content (AvgIpc) is 2.57. The zero-order valence-electron chi connectivity index (χ0n) is 16.7. The second-order valence-corrected chi connectivity index (χ2v) is 7.38. The Morgan fingerprint density at radius 1 is 0.750 bits per heavy atom. The zero-order chi connectivity index (χ0) is 17.9. The van der Waals surface area contributed by atoms with Crippen LogP contribution in [0.5, 0.6) is 0 Å². The average molecular weight is 338 g/mol. The van der Waals surface area contributed by atoms with Crippen LogP contribution in [0.3, 0.4) is 0 Å². The summed E-state index contributed by atoms with van der Waals surface area (Å²) in [5.74, 6) is 0.293. The first-order valence-electron chi connectivity index (χ1n) is 10.6. The smallest absolute Gasteiger partial charge is 0.222 e. The van der Waals surface area contributed by atoms with Gasteiger partial charge in [0.1, 0.15) is 0 Å². The van der Waals surface area contributed by atoms with E-state index in [9.17, 15) is 4.79 Å². The Labute approximate surface area is 151 Å². The minimum Gasteiger partial charge on any atom is -0.356 e. The summed E-state index contributed by atoms with van der Waals surface area (Å²) in [5, 5.41) is 2.98. The summed E-state index contributed by atoms with van der Waals surface area (Å²) in [6.45, 7) is 7.00. The number of amides is 1. The fourth-order valence-electron chi connectivity index (χ4n) is 2.79. The molecule has 0 atom stereocenters. The van der Waals surface area contributed by atoms with Crippen LogP contribution in [-0.4, -0.2) is 12.5 Å². The van der Waals surface area contributed by atoms with Crippen LogP contribution in [0.4, 0.5) is 0 Å². The van der Waals surface area contributed by atoms with Gasteiger partial charge in [0.15, 0.2) is 0 Å². The van der Waals surface area contributed by atoms with E-state index < -0.39 is 0 Å². The van der Waals surface area contributed by atoms with Gasteiger partial charge in [-0.2, -0.15) is 0 Å². The highest BCUT2D eigenvalue weighted by atomic mass is 16.1. The van der Waals surface area contributed by atoms with E-state index in [1.54, 1.807) is 0 Å². The number of hydrogen-bond donors (Lipinski definition) is 1. The number of hydrogen-bond acceptors (Lipinski definition) is 1. The van der Waals surface area contributed by atoms with Gasteiger partial charge in [-0.05, 0) is 32.1 Å². The van der Waals surface area contributed by atoms with Gasteiger partial charge in [0.2, 0.25) is 5.91 Å². The zero-order valence-corrected chi connectivity index (χ0v) is 16.7. The van der Waals surface area contributed by atoms with Crippen molar-refractivity contribution in [1.82, 2.24) is 5.32 Å². The van der Waals surface area contributed by atoms with E-state index in [-0.39, 0.29) is 11.8 Å². The van der Waals surface area contributed by atoms with Crippen LogP contribution in [0.15, 0.2) is 12.2 Å². The molecule has 142 valence electrons. The molecule has 0 saturated heterocycles. The van der Waals surface area contributed by atoms with Crippen molar-refractivity contribution in [2.75, 3.05) is 6.54 Å². The van der Waals surface area contributed by atoms with E-state index in [4.69, 9.17) is 0 Å². The summed E-state index contributed by atoms with van der Waals surface area (Å²) in [4.78, 5) is 11.4. The van der Waals surface area contributed by atoms with Crippen LogP contribution in [-0.2, 0) is 4.79 Å².